The average molecular weight is 382 g/mol. The van der Waals surface area contributed by atoms with Gasteiger partial charge in [-0.3, -0.25) is 0 Å². The predicted molar refractivity (Wildman–Crippen MR) is 102 cm³/mol. The van der Waals surface area contributed by atoms with Crippen LogP contribution in [-0.2, 0) is 5.21 Å². The second-order valence-electron chi connectivity index (χ2n) is 6.77. The summed E-state index contributed by atoms with van der Waals surface area (Å²) in [4.78, 5) is 0. The molecule has 24 heavy (non-hydrogen) atoms. The molecule has 0 aliphatic heterocycles. The maximum absolute atomic E-state index is 10.3. The van der Waals surface area contributed by atoms with Gasteiger partial charge in [-0.1, -0.05) is 0 Å². The van der Waals surface area contributed by atoms with Gasteiger partial charge in [-0.25, -0.2) is 0 Å². The molecule has 0 aromatic heterocycles. The minimum atomic E-state index is -0.440. The number of rotatable bonds is 3. The number of benzene rings is 3. The zero-order valence-corrected chi connectivity index (χ0v) is 15.7. The summed E-state index contributed by atoms with van der Waals surface area (Å²) < 4.78 is 0.129. The van der Waals surface area contributed by atoms with Crippen LogP contribution in [0.4, 0.5) is 0 Å². The third-order valence-electron chi connectivity index (χ3n) is 5.21. The van der Waals surface area contributed by atoms with E-state index in [9.17, 15) is 10.2 Å². The molecule has 3 heteroatoms. The van der Waals surface area contributed by atoms with E-state index < -0.39 is 15.8 Å². The Labute approximate surface area is 149 Å². The van der Waals surface area contributed by atoms with E-state index in [2.05, 4.69) is 54.6 Å². The van der Waals surface area contributed by atoms with Crippen LogP contribution in [0.15, 0.2) is 54.6 Å². The number of fused-ring (bicyclic) bond motifs is 3. The van der Waals surface area contributed by atoms with E-state index in [0.29, 0.717) is 0 Å². The first kappa shape index (κ1) is 16.1. The molecule has 0 spiro atoms. The van der Waals surface area contributed by atoms with Gasteiger partial charge in [0.2, 0.25) is 0 Å². The molecule has 0 bridgehead atoms. The van der Waals surface area contributed by atoms with Gasteiger partial charge in [0.05, 0.1) is 0 Å². The van der Waals surface area contributed by atoms with E-state index >= 15 is 0 Å². The zero-order chi connectivity index (χ0) is 16.5. The van der Waals surface area contributed by atoms with Crippen LogP contribution in [-0.4, -0.2) is 38.2 Å². The second kappa shape index (κ2) is 6.88. The molecule has 1 fully saturated rings. The van der Waals surface area contributed by atoms with E-state index in [0.717, 1.165) is 24.5 Å². The van der Waals surface area contributed by atoms with Gasteiger partial charge in [-0.05, 0) is 0 Å². The van der Waals surface area contributed by atoms with Crippen molar-refractivity contribution in [1.29, 1.82) is 0 Å². The molecule has 1 unspecified atom stereocenters. The van der Waals surface area contributed by atoms with Crippen molar-refractivity contribution < 1.29 is 10.2 Å². The topological polar surface area (TPSA) is 40.5 Å². The van der Waals surface area contributed by atoms with Crippen molar-refractivity contribution in [1.82, 2.24) is 0 Å². The SMILES string of the molecule is O[C@@H]1CCC[C@H](O)[C@H]1[AsH]Cc1cc2ccccc2c2ccccc12. The van der Waals surface area contributed by atoms with Crippen molar-refractivity contribution in [2.24, 2.45) is 0 Å². The van der Waals surface area contributed by atoms with Crippen LogP contribution in [0.2, 0.25) is 4.71 Å². The van der Waals surface area contributed by atoms with Gasteiger partial charge in [0.15, 0.2) is 0 Å². The molecule has 124 valence electrons. The van der Waals surface area contributed by atoms with Crippen LogP contribution in [0, 0.1) is 0 Å². The molecule has 0 radical (unpaired) electrons. The molecule has 1 saturated carbocycles. The Morgan fingerprint density at radius 2 is 1.46 bits per heavy atom. The summed E-state index contributed by atoms with van der Waals surface area (Å²) in [7, 11) is 0. The van der Waals surface area contributed by atoms with Gasteiger partial charge < -0.3 is 0 Å². The molecule has 3 aromatic rings. The predicted octanol–water partition coefficient (Wildman–Crippen LogP) is 3.62. The first-order valence-corrected chi connectivity index (χ1v) is 11.4. The summed E-state index contributed by atoms with van der Waals surface area (Å²) in [5.74, 6) is 0. The fraction of sp³-hybridized carbons (Fsp3) is 0.333. The third kappa shape index (κ3) is 2.99. The molecule has 0 heterocycles. The standard InChI is InChI=1S/C21H23AsO2/c23-19-10-5-11-20(24)21(19)22-13-15-12-14-6-1-2-7-16(14)18-9-4-3-8-17(15)18/h1-4,6-9,12,19-24H,5,10-11,13H2/t19-,20+,21+. The third-order valence-corrected chi connectivity index (χ3v) is 9.04. The van der Waals surface area contributed by atoms with Gasteiger partial charge in [0, 0.05) is 0 Å². The summed E-state index contributed by atoms with van der Waals surface area (Å²) in [5, 5.41) is 26.8. The minimum absolute atomic E-state index is 0.129. The van der Waals surface area contributed by atoms with Crippen molar-refractivity contribution in [2.75, 3.05) is 0 Å². The summed E-state index contributed by atoms with van der Waals surface area (Å²) in [6, 6.07) is 19.5. The Hall–Kier alpha value is -1.34. The summed E-state index contributed by atoms with van der Waals surface area (Å²) in [6.45, 7) is 0. The van der Waals surface area contributed by atoms with Crippen LogP contribution < -0.4 is 0 Å². The molecule has 1 aliphatic rings. The molecule has 2 N–H and O–H groups in total. The first-order valence-electron chi connectivity index (χ1n) is 8.73. The molecule has 1 aliphatic carbocycles. The maximum atomic E-state index is 10.3. The van der Waals surface area contributed by atoms with E-state index in [-0.39, 0.29) is 16.9 Å². The van der Waals surface area contributed by atoms with E-state index in [1.807, 2.05) is 0 Å². The monoisotopic (exact) mass is 382 g/mol. The van der Waals surface area contributed by atoms with Gasteiger partial charge in [0.1, 0.15) is 0 Å². The van der Waals surface area contributed by atoms with E-state index in [1.54, 1.807) is 0 Å². The Morgan fingerprint density at radius 1 is 0.833 bits per heavy atom. The van der Waals surface area contributed by atoms with E-state index in [1.165, 1.54) is 27.1 Å². The summed E-state index contributed by atoms with van der Waals surface area (Å²) in [6.07, 6.45) is 2.04. The summed E-state index contributed by atoms with van der Waals surface area (Å²) in [5.41, 5.74) is 1.37. The van der Waals surface area contributed by atoms with Gasteiger partial charge in [-0.2, -0.15) is 0 Å². The van der Waals surface area contributed by atoms with Crippen LogP contribution >= 0.6 is 0 Å². The van der Waals surface area contributed by atoms with Crippen LogP contribution in [0.1, 0.15) is 24.8 Å². The average Bonchev–Trinajstić information content (AvgIpc) is 2.61. The molecule has 4 rings (SSSR count). The molecule has 2 nitrogen and oxygen atoms in total. The fourth-order valence-corrected chi connectivity index (χ4v) is 7.34. The van der Waals surface area contributed by atoms with Crippen molar-refractivity contribution in [2.45, 2.75) is 41.4 Å². The zero-order valence-electron chi connectivity index (χ0n) is 13.7. The molecular weight excluding hydrogens is 359 g/mol. The van der Waals surface area contributed by atoms with Gasteiger partial charge >= 0.3 is 149 Å². The van der Waals surface area contributed by atoms with Gasteiger partial charge in [-0.15, -0.1) is 0 Å². The molecule has 0 saturated heterocycles. The summed E-state index contributed by atoms with van der Waals surface area (Å²) >= 11 is -0.440. The Bertz CT molecular complexity index is 851. The van der Waals surface area contributed by atoms with Gasteiger partial charge in [0.25, 0.3) is 0 Å². The van der Waals surface area contributed by atoms with Crippen molar-refractivity contribution >= 4 is 37.3 Å². The fourth-order valence-electron chi connectivity index (χ4n) is 3.93. The first-order chi connectivity index (χ1) is 11.7. The second-order valence-corrected chi connectivity index (χ2v) is 9.77. The van der Waals surface area contributed by atoms with Crippen LogP contribution in [0.5, 0.6) is 0 Å². The molecule has 0 amide bonds. The molecule has 4 atom stereocenters. The van der Waals surface area contributed by atoms with Crippen molar-refractivity contribution in [3.05, 3.63) is 60.2 Å². The Balaban J connectivity index is 1.70. The Kier molecular flexibility index (Phi) is 4.63. The Morgan fingerprint density at radius 3 is 2.21 bits per heavy atom. The number of hydrogen-bond acceptors (Lipinski definition) is 2. The van der Waals surface area contributed by atoms with Crippen molar-refractivity contribution in [3.63, 3.8) is 0 Å². The number of aliphatic hydroxyl groups excluding tert-OH is 2. The normalized spacial score (nSPS) is 25.0. The quantitative estimate of drug-likeness (QED) is 0.537. The van der Waals surface area contributed by atoms with Crippen LogP contribution in [0.25, 0.3) is 21.5 Å². The molecule has 3 aromatic carbocycles. The molecular formula is C21H23AsO2. The number of aliphatic hydroxyl groups is 2. The van der Waals surface area contributed by atoms with E-state index in [4.69, 9.17) is 0 Å². The van der Waals surface area contributed by atoms with Crippen molar-refractivity contribution in [3.8, 4) is 0 Å². The van der Waals surface area contributed by atoms with Crippen LogP contribution in [0.3, 0.4) is 0 Å². The number of hydrogen-bond donors (Lipinski definition) is 2.